The number of unbranched alkanes of at least 4 members (excludes halogenated alkanes) is 4. The second kappa shape index (κ2) is 8.23. The summed E-state index contributed by atoms with van der Waals surface area (Å²) in [5, 5.41) is 0. The molecular weight excluding hydrogens is 234 g/mol. The van der Waals surface area contributed by atoms with E-state index in [0.717, 1.165) is 6.54 Å². The van der Waals surface area contributed by atoms with Crippen molar-refractivity contribution in [2.24, 2.45) is 5.73 Å². The van der Waals surface area contributed by atoms with Crippen molar-refractivity contribution >= 4 is 0 Å². The van der Waals surface area contributed by atoms with Crippen molar-refractivity contribution in [3.8, 4) is 0 Å². The zero-order valence-corrected chi connectivity index (χ0v) is 13.6. The van der Waals surface area contributed by atoms with Crippen LogP contribution in [0, 0.1) is 0 Å². The minimum atomic E-state index is 0.201. The summed E-state index contributed by atoms with van der Waals surface area (Å²) in [6.45, 7) is 11.3. The molecule has 1 fully saturated rings. The third kappa shape index (κ3) is 5.05. The van der Waals surface area contributed by atoms with Gasteiger partial charge in [-0.15, -0.1) is 0 Å². The van der Waals surface area contributed by atoms with Crippen LogP contribution in [-0.4, -0.2) is 54.6 Å². The molecule has 0 aromatic carbocycles. The predicted molar refractivity (Wildman–Crippen MR) is 84.5 cm³/mol. The molecule has 1 saturated heterocycles. The molecule has 0 saturated carbocycles. The highest BCUT2D eigenvalue weighted by atomic mass is 15.3. The zero-order chi connectivity index (χ0) is 14.3. The Balaban J connectivity index is 2.44. The quantitative estimate of drug-likeness (QED) is 0.688. The highest BCUT2D eigenvalue weighted by molar-refractivity contribution is 4.93. The summed E-state index contributed by atoms with van der Waals surface area (Å²) in [7, 11) is 2.22. The topological polar surface area (TPSA) is 32.5 Å². The molecule has 1 aliphatic rings. The Kier molecular flexibility index (Phi) is 7.33. The molecule has 0 spiro atoms. The highest BCUT2D eigenvalue weighted by Crippen LogP contribution is 2.26. The van der Waals surface area contributed by atoms with E-state index in [1.54, 1.807) is 0 Å². The maximum Gasteiger partial charge on any atom is 0.0307 e. The number of likely N-dealkylation sites (N-methyl/N-ethyl adjacent to an activating group) is 1. The van der Waals surface area contributed by atoms with Crippen LogP contribution in [0.5, 0.6) is 0 Å². The number of rotatable bonds is 8. The largest absolute Gasteiger partial charge is 0.329 e. The summed E-state index contributed by atoms with van der Waals surface area (Å²) in [6, 6.07) is 0.628. The molecule has 19 heavy (non-hydrogen) atoms. The van der Waals surface area contributed by atoms with Crippen LogP contribution in [0.2, 0.25) is 0 Å². The smallest absolute Gasteiger partial charge is 0.0307 e. The van der Waals surface area contributed by atoms with Gasteiger partial charge >= 0.3 is 0 Å². The van der Waals surface area contributed by atoms with E-state index in [1.807, 2.05) is 0 Å². The van der Waals surface area contributed by atoms with E-state index in [2.05, 4.69) is 37.6 Å². The first-order valence-electron chi connectivity index (χ1n) is 8.19. The van der Waals surface area contributed by atoms with Gasteiger partial charge in [0.05, 0.1) is 0 Å². The average molecular weight is 269 g/mol. The van der Waals surface area contributed by atoms with E-state index < -0.39 is 0 Å². The Labute approximate surface area is 120 Å². The van der Waals surface area contributed by atoms with Gasteiger partial charge in [-0.25, -0.2) is 0 Å². The SMILES string of the molecule is CCCCCCCC(C)(CN)N1CCN(C)CC1C. The molecule has 0 bridgehead atoms. The van der Waals surface area contributed by atoms with Gasteiger partial charge in [-0.2, -0.15) is 0 Å². The first-order chi connectivity index (χ1) is 9.03. The second-order valence-corrected chi connectivity index (χ2v) is 6.67. The summed E-state index contributed by atoms with van der Waals surface area (Å²) < 4.78 is 0. The Hall–Kier alpha value is -0.120. The van der Waals surface area contributed by atoms with Crippen LogP contribution >= 0.6 is 0 Å². The van der Waals surface area contributed by atoms with Crippen molar-refractivity contribution in [2.45, 2.75) is 70.9 Å². The Morgan fingerprint density at radius 1 is 1.16 bits per heavy atom. The third-order valence-electron chi connectivity index (χ3n) is 4.78. The molecule has 2 N–H and O–H groups in total. The van der Waals surface area contributed by atoms with Gasteiger partial charge in [-0.3, -0.25) is 4.90 Å². The van der Waals surface area contributed by atoms with Crippen LogP contribution in [-0.2, 0) is 0 Å². The van der Waals surface area contributed by atoms with Crippen LogP contribution in [0.4, 0.5) is 0 Å². The van der Waals surface area contributed by atoms with Gasteiger partial charge in [-0.1, -0.05) is 39.0 Å². The molecule has 1 aliphatic heterocycles. The molecule has 1 heterocycles. The molecule has 114 valence electrons. The number of hydrogen-bond acceptors (Lipinski definition) is 3. The second-order valence-electron chi connectivity index (χ2n) is 6.67. The van der Waals surface area contributed by atoms with E-state index >= 15 is 0 Å². The van der Waals surface area contributed by atoms with E-state index in [1.165, 1.54) is 58.2 Å². The molecule has 2 atom stereocenters. The fourth-order valence-corrected chi connectivity index (χ4v) is 3.41. The van der Waals surface area contributed by atoms with Crippen molar-refractivity contribution < 1.29 is 0 Å². The van der Waals surface area contributed by atoms with Crippen molar-refractivity contribution in [1.29, 1.82) is 0 Å². The summed E-state index contributed by atoms with van der Waals surface area (Å²) in [5.41, 5.74) is 6.32. The van der Waals surface area contributed by atoms with Crippen molar-refractivity contribution in [3.63, 3.8) is 0 Å². The van der Waals surface area contributed by atoms with Crippen LogP contribution in [0.1, 0.15) is 59.3 Å². The summed E-state index contributed by atoms with van der Waals surface area (Å²) in [5.74, 6) is 0. The van der Waals surface area contributed by atoms with Crippen molar-refractivity contribution in [1.82, 2.24) is 9.80 Å². The minimum absolute atomic E-state index is 0.201. The van der Waals surface area contributed by atoms with Crippen LogP contribution in [0.25, 0.3) is 0 Å². The van der Waals surface area contributed by atoms with E-state index in [0.29, 0.717) is 6.04 Å². The maximum absolute atomic E-state index is 6.12. The summed E-state index contributed by atoms with van der Waals surface area (Å²) in [4.78, 5) is 5.09. The standard InChI is InChI=1S/C16H35N3/c1-5-6-7-8-9-10-16(3,14-17)19-12-11-18(4)13-15(19)2/h15H,5-14,17H2,1-4H3. The van der Waals surface area contributed by atoms with Gasteiger partial charge in [-0.05, 0) is 27.3 Å². The molecule has 0 aromatic heterocycles. The molecular formula is C16H35N3. The minimum Gasteiger partial charge on any atom is -0.329 e. The average Bonchev–Trinajstić information content (AvgIpc) is 2.38. The van der Waals surface area contributed by atoms with Crippen LogP contribution in [0.3, 0.4) is 0 Å². The molecule has 0 amide bonds. The number of hydrogen-bond donors (Lipinski definition) is 1. The van der Waals surface area contributed by atoms with Gasteiger partial charge in [0.25, 0.3) is 0 Å². The fourth-order valence-electron chi connectivity index (χ4n) is 3.41. The molecule has 3 nitrogen and oxygen atoms in total. The number of piperazine rings is 1. The molecule has 1 rings (SSSR count). The van der Waals surface area contributed by atoms with Gasteiger partial charge in [0.2, 0.25) is 0 Å². The summed E-state index contributed by atoms with van der Waals surface area (Å²) >= 11 is 0. The lowest BCUT2D eigenvalue weighted by Crippen LogP contribution is -2.62. The Morgan fingerprint density at radius 3 is 2.42 bits per heavy atom. The Morgan fingerprint density at radius 2 is 1.84 bits per heavy atom. The lowest BCUT2D eigenvalue weighted by molar-refractivity contribution is 0.00687. The fraction of sp³-hybridized carbons (Fsp3) is 1.00. The molecule has 0 aromatic rings. The predicted octanol–water partition coefficient (Wildman–Crippen LogP) is 2.70. The van der Waals surface area contributed by atoms with E-state index in [4.69, 9.17) is 5.73 Å². The van der Waals surface area contributed by atoms with Gasteiger partial charge in [0, 0.05) is 37.8 Å². The lowest BCUT2D eigenvalue weighted by atomic mass is 9.89. The molecule has 3 heteroatoms. The van der Waals surface area contributed by atoms with Gasteiger partial charge < -0.3 is 10.6 Å². The third-order valence-corrected chi connectivity index (χ3v) is 4.78. The van der Waals surface area contributed by atoms with E-state index in [-0.39, 0.29) is 5.54 Å². The van der Waals surface area contributed by atoms with Crippen molar-refractivity contribution in [3.05, 3.63) is 0 Å². The normalized spacial score (nSPS) is 25.4. The molecule has 0 aliphatic carbocycles. The van der Waals surface area contributed by atoms with E-state index in [9.17, 15) is 0 Å². The number of nitrogens with zero attached hydrogens (tertiary/aromatic N) is 2. The lowest BCUT2D eigenvalue weighted by Gasteiger charge is -2.49. The number of nitrogens with two attached hydrogens (primary N) is 1. The van der Waals surface area contributed by atoms with Crippen molar-refractivity contribution in [2.75, 3.05) is 33.2 Å². The summed E-state index contributed by atoms with van der Waals surface area (Å²) in [6.07, 6.45) is 8.03. The monoisotopic (exact) mass is 269 g/mol. The zero-order valence-electron chi connectivity index (χ0n) is 13.6. The van der Waals surface area contributed by atoms with Crippen LogP contribution in [0.15, 0.2) is 0 Å². The van der Waals surface area contributed by atoms with Gasteiger partial charge in [0.1, 0.15) is 0 Å². The molecule has 2 unspecified atom stereocenters. The first kappa shape index (κ1) is 16.9. The Bertz CT molecular complexity index is 244. The van der Waals surface area contributed by atoms with Crippen LogP contribution < -0.4 is 5.73 Å². The first-order valence-corrected chi connectivity index (χ1v) is 8.19. The maximum atomic E-state index is 6.12. The van der Waals surface area contributed by atoms with Gasteiger partial charge in [0.15, 0.2) is 0 Å². The highest BCUT2D eigenvalue weighted by Gasteiger charge is 2.35. The molecule has 0 radical (unpaired) electrons.